The van der Waals surface area contributed by atoms with Crippen LogP contribution in [0, 0.1) is 0 Å². The van der Waals surface area contributed by atoms with E-state index in [0.717, 1.165) is 55.6 Å². The Bertz CT molecular complexity index is 2120. The molecular weight excluding hydrogens is 498 g/mol. The zero-order valence-electron chi connectivity index (χ0n) is 23.0. The molecule has 2 aromatic heterocycles. The second kappa shape index (κ2) is 8.94. The molecule has 0 saturated carbocycles. The average Bonchev–Trinajstić information content (AvgIpc) is 3.26. The molecule has 8 rings (SSSR count). The van der Waals surface area contributed by atoms with Gasteiger partial charge in [0.05, 0.1) is 16.7 Å². The molecule has 0 saturated heterocycles. The predicted octanol–water partition coefficient (Wildman–Crippen LogP) is 9.49. The summed E-state index contributed by atoms with van der Waals surface area (Å²) in [5.74, 6) is 0.726. The molecule has 0 N–H and O–H groups in total. The zero-order chi connectivity index (χ0) is 27.6. The number of aromatic nitrogens is 3. The summed E-state index contributed by atoms with van der Waals surface area (Å²) in [6, 6.07) is 42.8. The van der Waals surface area contributed by atoms with E-state index in [1.165, 1.54) is 22.3 Å². The summed E-state index contributed by atoms with van der Waals surface area (Å²) in [6.45, 7) is 4.63. The van der Waals surface area contributed by atoms with Gasteiger partial charge in [0.25, 0.3) is 0 Å². The molecule has 7 aromatic rings. The maximum Gasteiger partial charge on any atom is 0.160 e. The van der Waals surface area contributed by atoms with E-state index >= 15 is 0 Å². The Morgan fingerprint density at radius 3 is 2.15 bits per heavy atom. The van der Waals surface area contributed by atoms with Crippen molar-refractivity contribution < 1.29 is 0 Å². The molecule has 3 heteroatoms. The van der Waals surface area contributed by atoms with Crippen LogP contribution in [-0.2, 0) is 5.41 Å². The lowest BCUT2D eigenvalue weighted by molar-refractivity contribution is 0.660. The molecule has 194 valence electrons. The summed E-state index contributed by atoms with van der Waals surface area (Å²) in [5.41, 5.74) is 12.5. The van der Waals surface area contributed by atoms with E-state index < -0.39 is 0 Å². The number of rotatable bonds is 3. The van der Waals surface area contributed by atoms with Crippen molar-refractivity contribution in [2.75, 3.05) is 0 Å². The fourth-order valence-corrected chi connectivity index (χ4v) is 6.41. The van der Waals surface area contributed by atoms with E-state index in [2.05, 4.69) is 128 Å². The Morgan fingerprint density at radius 2 is 1.24 bits per heavy atom. The molecule has 0 amide bonds. The smallest absolute Gasteiger partial charge is 0.160 e. The summed E-state index contributed by atoms with van der Waals surface area (Å²) >= 11 is 0. The Hall–Kier alpha value is -5.15. The van der Waals surface area contributed by atoms with Crippen LogP contribution in [-0.4, -0.2) is 15.0 Å². The van der Waals surface area contributed by atoms with Crippen LogP contribution in [0.3, 0.4) is 0 Å². The third-order valence-electron chi connectivity index (χ3n) is 8.55. The quantitative estimate of drug-likeness (QED) is 0.231. The highest BCUT2D eigenvalue weighted by atomic mass is 14.9. The van der Waals surface area contributed by atoms with E-state index in [9.17, 15) is 0 Å². The highest BCUT2D eigenvalue weighted by Gasteiger charge is 2.35. The van der Waals surface area contributed by atoms with Crippen LogP contribution >= 0.6 is 0 Å². The fourth-order valence-electron chi connectivity index (χ4n) is 6.41. The van der Waals surface area contributed by atoms with Gasteiger partial charge in [-0.3, -0.25) is 4.98 Å². The molecule has 2 heterocycles. The van der Waals surface area contributed by atoms with Crippen molar-refractivity contribution in [3.8, 4) is 44.9 Å². The average molecular weight is 526 g/mol. The molecule has 3 nitrogen and oxygen atoms in total. The Balaban J connectivity index is 1.25. The van der Waals surface area contributed by atoms with Gasteiger partial charge in [-0.15, -0.1) is 0 Å². The van der Waals surface area contributed by atoms with Gasteiger partial charge < -0.3 is 0 Å². The number of hydrogen-bond donors (Lipinski definition) is 0. The predicted molar refractivity (Wildman–Crippen MR) is 169 cm³/mol. The number of nitrogens with zero attached hydrogens (tertiary/aromatic N) is 3. The molecule has 0 aliphatic heterocycles. The second-order valence-corrected chi connectivity index (χ2v) is 11.3. The Kier molecular flexibility index (Phi) is 5.17. The van der Waals surface area contributed by atoms with Crippen LogP contribution in [0.15, 0.2) is 128 Å². The monoisotopic (exact) mass is 525 g/mol. The maximum absolute atomic E-state index is 5.19. The number of benzene rings is 5. The van der Waals surface area contributed by atoms with E-state index in [1.807, 2.05) is 18.3 Å². The third kappa shape index (κ3) is 3.70. The normalized spacial score (nSPS) is 13.3. The van der Waals surface area contributed by atoms with Gasteiger partial charge in [0.15, 0.2) is 5.82 Å². The molecule has 0 unspecified atom stereocenters. The van der Waals surface area contributed by atoms with E-state index in [4.69, 9.17) is 9.97 Å². The van der Waals surface area contributed by atoms with Crippen molar-refractivity contribution in [1.82, 2.24) is 15.0 Å². The van der Waals surface area contributed by atoms with Gasteiger partial charge in [-0.2, -0.15) is 0 Å². The first kappa shape index (κ1) is 23.7. The van der Waals surface area contributed by atoms with E-state index in [-0.39, 0.29) is 5.41 Å². The molecule has 1 aliphatic rings. The van der Waals surface area contributed by atoms with Crippen LogP contribution in [0.2, 0.25) is 0 Å². The summed E-state index contributed by atoms with van der Waals surface area (Å²) in [7, 11) is 0. The van der Waals surface area contributed by atoms with Crippen molar-refractivity contribution in [3.05, 3.63) is 139 Å². The number of pyridine rings is 1. The van der Waals surface area contributed by atoms with Gasteiger partial charge in [0, 0.05) is 39.1 Å². The summed E-state index contributed by atoms with van der Waals surface area (Å²) in [5, 5.41) is 2.19. The number of para-hydroxylation sites is 2. The van der Waals surface area contributed by atoms with Gasteiger partial charge in [-0.1, -0.05) is 117 Å². The Labute approximate surface area is 239 Å². The maximum atomic E-state index is 5.19. The first-order chi connectivity index (χ1) is 20.1. The minimum atomic E-state index is -0.0695. The highest BCUT2D eigenvalue weighted by Crippen LogP contribution is 2.49. The first-order valence-corrected chi connectivity index (χ1v) is 14.0. The topological polar surface area (TPSA) is 38.7 Å². The molecule has 41 heavy (non-hydrogen) atoms. The zero-order valence-corrected chi connectivity index (χ0v) is 23.0. The van der Waals surface area contributed by atoms with Crippen LogP contribution in [0.5, 0.6) is 0 Å². The molecule has 0 bridgehead atoms. The van der Waals surface area contributed by atoms with Crippen molar-refractivity contribution in [2.45, 2.75) is 19.3 Å². The number of hydrogen-bond acceptors (Lipinski definition) is 3. The minimum absolute atomic E-state index is 0.0695. The molecule has 0 fully saturated rings. The summed E-state index contributed by atoms with van der Waals surface area (Å²) < 4.78 is 0. The minimum Gasteiger partial charge on any atom is -0.256 e. The molecule has 5 aromatic carbocycles. The van der Waals surface area contributed by atoms with Gasteiger partial charge in [0.1, 0.15) is 0 Å². The molecular formula is C38H27N3. The van der Waals surface area contributed by atoms with Gasteiger partial charge in [-0.05, 0) is 46.0 Å². The summed E-state index contributed by atoms with van der Waals surface area (Å²) in [4.78, 5) is 14.8. The SMILES string of the molecule is CC1(C)c2ccccc2-c2ccc(-c3nc(-c4ccc(-c5cccc6cccnc56)cc4)nc4ccccc34)cc21. The van der Waals surface area contributed by atoms with Gasteiger partial charge >= 0.3 is 0 Å². The van der Waals surface area contributed by atoms with Crippen molar-refractivity contribution in [3.63, 3.8) is 0 Å². The van der Waals surface area contributed by atoms with Crippen LogP contribution in [0.1, 0.15) is 25.0 Å². The van der Waals surface area contributed by atoms with Crippen LogP contribution < -0.4 is 0 Å². The standard InChI is InChI=1S/C38H27N3/c1-38(2)32-14-5-3-11-29(32)30-21-20-27(23-33(30)38)36-31-12-4-6-15-34(31)40-37(41-36)26-18-16-24(17-19-26)28-13-7-9-25-10-8-22-39-35(25)28/h3-23H,1-2H3. The van der Waals surface area contributed by atoms with Crippen molar-refractivity contribution in [1.29, 1.82) is 0 Å². The first-order valence-electron chi connectivity index (χ1n) is 14.0. The van der Waals surface area contributed by atoms with Crippen molar-refractivity contribution >= 4 is 21.8 Å². The lowest BCUT2D eigenvalue weighted by Crippen LogP contribution is -2.14. The molecule has 0 atom stereocenters. The number of fused-ring (bicyclic) bond motifs is 5. The van der Waals surface area contributed by atoms with Crippen molar-refractivity contribution in [2.24, 2.45) is 0 Å². The highest BCUT2D eigenvalue weighted by molar-refractivity contribution is 5.96. The fraction of sp³-hybridized carbons (Fsp3) is 0.0789. The van der Waals surface area contributed by atoms with Crippen LogP contribution in [0.4, 0.5) is 0 Å². The third-order valence-corrected chi connectivity index (χ3v) is 8.55. The Morgan fingerprint density at radius 1 is 0.537 bits per heavy atom. The van der Waals surface area contributed by atoms with Gasteiger partial charge in [-0.25, -0.2) is 9.97 Å². The van der Waals surface area contributed by atoms with Crippen LogP contribution in [0.25, 0.3) is 66.7 Å². The second-order valence-electron chi connectivity index (χ2n) is 11.3. The van der Waals surface area contributed by atoms with Gasteiger partial charge in [0.2, 0.25) is 0 Å². The van der Waals surface area contributed by atoms with E-state index in [0.29, 0.717) is 0 Å². The molecule has 0 spiro atoms. The molecule has 0 radical (unpaired) electrons. The lowest BCUT2D eigenvalue weighted by Gasteiger charge is -2.22. The largest absolute Gasteiger partial charge is 0.256 e. The molecule has 1 aliphatic carbocycles. The summed E-state index contributed by atoms with van der Waals surface area (Å²) in [6.07, 6.45) is 1.85. The lowest BCUT2D eigenvalue weighted by atomic mass is 9.82. The van der Waals surface area contributed by atoms with E-state index in [1.54, 1.807) is 0 Å².